The van der Waals surface area contributed by atoms with Crippen molar-refractivity contribution >= 4 is 21.6 Å². The van der Waals surface area contributed by atoms with E-state index in [1.807, 2.05) is 0 Å². The maximum atomic E-state index is 11.6. The van der Waals surface area contributed by atoms with Crippen molar-refractivity contribution in [3.05, 3.63) is 23.5 Å². The number of pyridine rings is 1. The van der Waals surface area contributed by atoms with Gasteiger partial charge in [0.25, 0.3) is 0 Å². The minimum atomic E-state index is -3.51. The fraction of sp³-hybridized carbons (Fsp3) is 0.375. The molecule has 0 radical (unpaired) electrons. The lowest BCUT2D eigenvalue weighted by Crippen LogP contribution is -2.26. The smallest absolute Gasteiger partial charge is 0.242 e. The molecule has 0 fully saturated rings. The number of sulfonamides is 1. The molecule has 0 atom stereocenters. The quantitative estimate of drug-likeness (QED) is 0.738. The second-order valence-corrected chi connectivity index (χ2v) is 5.08. The van der Waals surface area contributed by atoms with Gasteiger partial charge >= 0.3 is 0 Å². The Bertz CT molecular complexity index is 422. The van der Waals surface area contributed by atoms with Crippen molar-refractivity contribution in [3.8, 4) is 0 Å². The molecule has 3 N–H and O–H groups in total. The van der Waals surface area contributed by atoms with E-state index in [0.717, 1.165) is 0 Å². The Morgan fingerprint density at radius 1 is 1.47 bits per heavy atom. The molecule has 1 aromatic rings. The van der Waals surface area contributed by atoms with E-state index in [1.54, 1.807) is 0 Å². The predicted octanol–water partition coefficient (Wildman–Crippen LogP) is 0.362. The third-order valence-corrected chi connectivity index (χ3v) is 3.30. The van der Waals surface area contributed by atoms with Crippen molar-refractivity contribution in [1.29, 1.82) is 0 Å². The summed E-state index contributed by atoms with van der Waals surface area (Å²) in [6.07, 6.45) is 3.21. The Kier molecular flexibility index (Phi) is 4.46. The number of nitrogens with two attached hydrogens (primary N) is 1. The Labute approximate surface area is 93.7 Å². The molecule has 0 aliphatic heterocycles. The van der Waals surface area contributed by atoms with Gasteiger partial charge < -0.3 is 5.73 Å². The lowest BCUT2D eigenvalue weighted by atomic mass is 10.4. The van der Waals surface area contributed by atoms with Gasteiger partial charge in [-0.15, -0.1) is 0 Å². The van der Waals surface area contributed by atoms with Gasteiger partial charge in [0.15, 0.2) is 0 Å². The first kappa shape index (κ1) is 12.4. The van der Waals surface area contributed by atoms with Gasteiger partial charge in [-0.25, -0.2) is 13.1 Å². The first-order valence-electron chi connectivity index (χ1n) is 4.36. The number of hydrogen-bond acceptors (Lipinski definition) is 4. The molecule has 84 valence electrons. The van der Waals surface area contributed by atoms with Crippen LogP contribution in [0.1, 0.15) is 6.42 Å². The van der Waals surface area contributed by atoms with Crippen LogP contribution in [0.4, 0.5) is 0 Å². The van der Waals surface area contributed by atoms with Gasteiger partial charge in [-0.1, -0.05) is 11.6 Å². The largest absolute Gasteiger partial charge is 0.330 e. The first-order valence-corrected chi connectivity index (χ1v) is 6.22. The molecule has 0 aliphatic rings. The van der Waals surface area contributed by atoms with Crippen LogP contribution in [0, 0.1) is 0 Å². The summed E-state index contributed by atoms with van der Waals surface area (Å²) in [7, 11) is -3.51. The summed E-state index contributed by atoms with van der Waals surface area (Å²) < 4.78 is 25.6. The monoisotopic (exact) mass is 249 g/mol. The second kappa shape index (κ2) is 5.41. The summed E-state index contributed by atoms with van der Waals surface area (Å²) in [5.41, 5.74) is 5.25. The zero-order chi connectivity index (χ0) is 11.3. The number of hydrogen-bond donors (Lipinski definition) is 2. The van der Waals surface area contributed by atoms with E-state index >= 15 is 0 Å². The molecule has 0 saturated heterocycles. The van der Waals surface area contributed by atoms with E-state index in [1.165, 1.54) is 18.5 Å². The zero-order valence-corrected chi connectivity index (χ0v) is 9.55. The minimum absolute atomic E-state index is 0.0621. The number of nitrogens with one attached hydrogen (secondary N) is 1. The fourth-order valence-electron chi connectivity index (χ4n) is 0.931. The van der Waals surface area contributed by atoms with Gasteiger partial charge in [0, 0.05) is 18.9 Å². The lowest BCUT2D eigenvalue weighted by Gasteiger charge is -2.05. The molecule has 0 bridgehead atoms. The maximum Gasteiger partial charge on any atom is 0.242 e. The summed E-state index contributed by atoms with van der Waals surface area (Å²) in [4.78, 5) is 3.76. The van der Waals surface area contributed by atoms with Crippen molar-refractivity contribution in [2.24, 2.45) is 5.73 Å². The van der Waals surface area contributed by atoms with E-state index in [0.29, 0.717) is 19.5 Å². The molecule has 0 saturated carbocycles. The zero-order valence-electron chi connectivity index (χ0n) is 7.98. The van der Waals surface area contributed by atoms with Crippen molar-refractivity contribution in [2.45, 2.75) is 11.3 Å². The van der Waals surface area contributed by atoms with Crippen molar-refractivity contribution in [1.82, 2.24) is 9.71 Å². The van der Waals surface area contributed by atoms with Gasteiger partial charge in [-0.2, -0.15) is 0 Å². The predicted molar refractivity (Wildman–Crippen MR) is 58.1 cm³/mol. The van der Waals surface area contributed by atoms with Crippen LogP contribution >= 0.6 is 11.6 Å². The summed E-state index contributed by atoms with van der Waals surface area (Å²) in [5.74, 6) is 0. The Morgan fingerprint density at radius 2 is 2.20 bits per heavy atom. The van der Waals surface area contributed by atoms with Crippen LogP contribution in [-0.4, -0.2) is 26.5 Å². The minimum Gasteiger partial charge on any atom is -0.330 e. The second-order valence-electron chi connectivity index (χ2n) is 2.88. The Balaban J connectivity index is 2.77. The third-order valence-electron chi connectivity index (χ3n) is 1.66. The maximum absolute atomic E-state index is 11.6. The highest BCUT2D eigenvalue weighted by atomic mass is 35.5. The van der Waals surface area contributed by atoms with Gasteiger partial charge in [0.2, 0.25) is 10.0 Å². The molecule has 0 unspecified atom stereocenters. The highest BCUT2D eigenvalue weighted by molar-refractivity contribution is 7.89. The summed E-state index contributed by atoms with van der Waals surface area (Å²) in [6.45, 7) is 0.752. The molecular weight excluding hydrogens is 238 g/mol. The number of halogens is 1. The van der Waals surface area contributed by atoms with Crippen LogP contribution in [0.25, 0.3) is 0 Å². The SMILES string of the molecule is NCCCNS(=O)(=O)c1cncc(Cl)c1. The summed E-state index contributed by atoms with van der Waals surface area (Å²) >= 11 is 5.64. The fourth-order valence-corrected chi connectivity index (χ4v) is 2.23. The molecule has 15 heavy (non-hydrogen) atoms. The molecular formula is C8H12ClN3O2S. The molecule has 1 heterocycles. The Hall–Kier alpha value is -0.690. The van der Waals surface area contributed by atoms with E-state index in [-0.39, 0.29) is 9.92 Å². The topological polar surface area (TPSA) is 85.1 Å². The van der Waals surface area contributed by atoms with E-state index < -0.39 is 10.0 Å². The van der Waals surface area contributed by atoms with Crippen LogP contribution in [0.3, 0.4) is 0 Å². The molecule has 0 aromatic carbocycles. The van der Waals surface area contributed by atoms with Crippen LogP contribution < -0.4 is 10.5 Å². The Morgan fingerprint density at radius 3 is 2.80 bits per heavy atom. The van der Waals surface area contributed by atoms with Gasteiger partial charge in [-0.05, 0) is 19.0 Å². The number of nitrogens with zero attached hydrogens (tertiary/aromatic N) is 1. The molecule has 7 heteroatoms. The van der Waals surface area contributed by atoms with E-state index in [2.05, 4.69) is 9.71 Å². The van der Waals surface area contributed by atoms with Gasteiger partial charge in [0.1, 0.15) is 4.90 Å². The van der Waals surface area contributed by atoms with Crippen LogP contribution in [0.15, 0.2) is 23.4 Å². The van der Waals surface area contributed by atoms with E-state index in [4.69, 9.17) is 17.3 Å². The van der Waals surface area contributed by atoms with Crippen LogP contribution in [0.5, 0.6) is 0 Å². The van der Waals surface area contributed by atoms with Crippen molar-refractivity contribution < 1.29 is 8.42 Å². The summed E-state index contributed by atoms with van der Waals surface area (Å²) in [5, 5.41) is 0.289. The highest BCUT2D eigenvalue weighted by Gasteiger charge is 2.13. The molecule has 1 rings (SSSR count). The first-order chi connectivity index (χ1) is 7.06. The van der Waals surface area contributed by atoms with E-state index in [9.17, 15) is 8.42 Å². The molecule has 0 spiro atoms. The molecule has 5 nitrogen and oxygen atoms in total. The summed E-state index contributed by atoms with van der Waals surface area (Å²) in [6, 6.07) is 1.35. The number of rotatable bonds is 5. The molecule has 1 aromatic heterocycles. The van der Waals surface area contributed by atoms with Crippen LogP contribution in [0.2, 0.25) is 5.02 Å². The van der Waals surface area contributed by atoms with Gasteiger partial charge in [0.05, 0.1) is 5.02 Å². The van der Waals surface area contributed by atoms with Crippen molar-refractivity contribution in [2.75, 3.05) is 13.1 Å². The average molecular weight is 250 g/mol. The van der Waals surface area contributed by atoms with Crippen molar-refractivity contribution in [3.63, 3.8) is 0 Å². The standard InChI is InChI=1S/C8H12ClN3O2S/c9-7-4-8(6-11-5-7)15(13,14)12-3-1-2-10/h4-6,12H,1-3,10H2. The highest BCUT2D eigenvalue weighted by Crippen LogP contribution is 2.12. The molecule has 0 aliphatic carbocycles. The van der Waals surface area contributed by atoms with Gasteiger partial charge in [-0.3, -0.25) is 4.98 Å². The number of aromatic nitrogens is 1. The third kappa shape index (κ3) is 3.75. The average Bonchev–Trinajstić information content (AvgIpc) is 2.18. The molecule has 0 amide bonds. The lowest BCUT2D eigenvalue weighted by molar-refractivity contribution is 0.579. The normalized spacial score (nSPS) is 11.6. The van der Waals surface area contributed by atoms with Crippen LogP contribution in [-0.2, 0) is 10.0 Å².